The van der Waals surface area contributed by atoms with Crippen molar-refractivity contribution in [3.05, 3.63) is 18.6 Å². The van der Waals surface area contributed by atoms with Crippen LogP contribution in [-0.2, 0) is 0 Å². The summed E-state index contributed by atoms with van der Waals surface area (Å²) in [6, 6.07) is 1.94. The highest BCUT2D eigenvalue weighted by atomic mass is 32.2. The minimum atomic E-state index is 0.242. The van der Waals surface area contributed by atoms with E-state index in [1.54, 1.807) is 24.3 Å². The maximum Gasteiger partial charge on any atom is 0.116 e. The molecular weight excluding hydrogens is 206 g/mol. The lowest BCUT2D eigenvalue weighted by atomic mass is 10.0. The van der Waals surface area contributed by atoms with E-state index in [0.717, 1.165) is 23.7 Å². The molecule has 0 fully saturated rings. The number of hydrogen-bond donors (Lipinski definition) is 1. The first-order valence-corrected chi connectivity index (χ1v) is 6.26. The molecule has 0 unspecified atom stereocenters. The summed E-state index contributed by atoms with van der Waals surface area (Å²) in [4.78, 5) is 8.04. The molecule has 3 nitrogen and oxygen atoms in total. The van der Waals surface area contributed by atoms with Gasteiger partial charge in [0.1, 0.15) is 6.33 Å². The Hall–Kier alpha value is -0.610. The second kappa shape index (κ2) is 6.08. The van der Waals surface area contributed by atoms with Crippen LogP contribution in [0.1, 0.15) is 27.2 Å². The smallest absolute Gasteiger partial charge is 0.116 e. The third-order valence-electron chi connectivity index (χ3n) is 2.39. The van der Waals surface area contributed by atoms with Gasteiger partial charge in [0, 0.05) is 24.0 Å². The van der Waals surface area contributed by atoms with Gasteiger partial charge in [-0.3, -0.25) is 0 Å². The molecular formula is C11H19N3S. The summed E-state index contributed by atoms with van der Waals surface area (Å²) in [5.74, 6) is 1.04. The van der Waals surface area contributed by atoms with Gasteiger partial charge >= 0.3 is 0 Å². The molecule has 1 aromatic rings. The predicted molar refractivity (Wildman–Crippen MR) is 65.1 cm³/mol. The normalized spacial score (nSPS) is 11.7. The van der Waals surface area contributed by atoms with Gasteiger partial charge < -0.3 is 5.32 Å². The van der Waals surface area contributed by atoms with Gasteiger partial charge in [-0.2, -0.15) is 0 Å². The average Bonchev–Trinajstić information content (AvgIpc) is 2.26. The summed E-state index contributed by atoms with van der Waals surface area (Å²) in [7, 11) is 0. The van der Waals surface area contributed by atoms with Gasteiger partial charge in [-0.25, -0.2) is 9.97 Å². The molecule has 0 aromatic carbocycles. The van der Waals surface area contributed by atoms with Crippen molar-refractivity contribution in [1.29, 1.82) is 0 Å². The molecule has 0 saturated heterocycles. The summed E-state index contributed by atoms with van der Waals surface area (Å²) in [5, 5.41) is 4.56. The van der Waals surface area contributed by atoms with Crippen LogP contribution in [-0.4, -0.2) is 27.8 Å². The van der Waals surface area contributed by atoms with Crippen LogP contribution in [0.4, 0.5) is 0 Å². The van der Waals surface area contributed by atoms with Crippen molar-refractivity contribution >= 4 is 11.8 Å². The van der Waals surface area contributed by atoms with E-state index in [1.807, 2.05) is 6.07 Å². The first-order valence-electron chi connectivity index (χ1n) is 5.28. The molecule has 15 heavy (non-hydrogen) atoms. The summed E-state index contributed by atoms with van der Waals surface area (Å²) >= 11 is 1.76. The zero-order valence-electron chi connectivity index (χ0n) is 9.66. The SMILES string of the molecule is CCC(C)(C)NCCSc1ccncn1. The molecule has 0 amide bonds. The predicted octanol–water partition coefficient (Wildman–Crippen LogP) is 2.35. The van der Waals surface area contributed by atoms with E-state index >= 15 is 0 Å². The Morgan fingerprint density at radius 3 is 2.87 bits per heavy atom. The van der Waals surface area contributed by atoms with Crippen molar-refractivity contribution in [2.75, 3.05) is 12.3 Å². The fraction of sp³-hybridized carbons (Fsp3) is 0.636. The van der Waals surface area contributed by atoms with Gasteiger partial charge in [0.25, 0.3) is 0 Å². The zero-order chi connectivity index (χ0) is 11.1. The third-order valence-corrected chi connectivity index (χ3v) is 3.34. The van der Waals surface area contributed by atoms with E-state index in [2.05, 4.69) is 36.1 Å². The highest BCUT2D eigenvalue weighted by Gasteiger charge is 2.12. The molecule has 4 heteroatoms. The summed E-state index contributed by atoms with van der Waals surface area (Å²) < 4.78 is 0. The van der Waals surface area contributed by atoms with E-state index in [-0.39, 0.29) is 5.54 Å². The Morgan fingerprint density at radius 2 is 2.27 bits per heavy atom. The molecule has 0 spiro atoms. The van der Waals surface area contributed by atoms with E-state index in [9.17, 15) is 0 Å². The van der Waals surface area contributed by atoms with Crippen LogP contribution in [0.3, 0.4) is 0 Å². The van der Waals surface area contributed by atoms with Gasteiger partial charge in [-0.1, -0.05) is 6.92 Å². The Morgan fingerprint density at radius 1 is 1.47 bits per heavy atom. The summed E-state index contributed by atoms with van der Waals surface area (Å²) in [5.41, 5.74) is 0.242. The van der Waals surface area contributed by atoms with Crippen LogP contribution in [0.5, 0.6) is 0 Å². The number of nitrogens with one attached hydrogen (secondary N) is 1. The molecule has 1 aromatic heterocycles. The van der Waals surface area contributed by atoms with Gasteiger partial charge in [-0.05, 0) is 26.3 Å². The second-order valence-corrected chi connectivity index (χ2v) is 5.18. The maximum absolute atomic E-state index is 4.16. The van der Waals surface area contributed by atoms with Crippen molar-refractivity contribution in [1.82, 2.24) is 15.3 Å². The van der Waals surface area contributed by atoms with Gasteiger partial charge in [0.05, 0.1) is 5.03 Å². The van der Waals surface area contributed by atoms with Crippen molar-refractivity contribution in [2.24, 2.45) is 0 Å². The van der Waals surface area contributed by atoms with Crippen molar-refractivity contribution in [3.63, 3.8) is 0 Å². The molecule has 84 valence electrons. The zero-order valence-corrected chi connectivity index (χ0v) is 10.5. The lowest BCUT2D eigenvalue weighted by Crippen LogP contribution is -2.39. The number of thioether (sulfide) groups is 1. The van der Waals surface area contributed by atoms with E-state index in [4.69, 9.17) is 0 Å². The highest BCUT2D eigenvalue weighted by molar-refractivity contribution is 7.99. The maximum atomic E-state index is 4.16. The summed E-state index contributed by atoms with van der Waals surface area (Å²) in [6.07, 6.45) is 4.51. The van der Waals surface area contributed by atoms with Crippen LogP contribution >= 0.6 is 11.8 Å². The monoisotopic (exact) mass is 225 g/mol. The largest absolute Gasteiger partial charge is 0.311 e. The molecule has 1 heterocycles. The number of aromatic nitrogens is 2. The molecule has 0 aliphatic heterocycles. The topological polar surface area (TPSA) is 37.8 Å². The first kappa shape index (κ1) is 12.5. The standard InChI is InChI=1S/C11H19N3S/c1-4-11(2,3)14-7-8-15-10-5-6-12-9-13-10/h5-6,9,14H,4,7-8H2,1-3H3. The third kappa shape index (κ3) is 5.14. The average molecular weight is 225 g/mol. The van der Waals surface area contributed by atoms with Crippen molar-refractivity contribution in [3.8, 4) is 0 Å². The number of hydrogen-bond acceptors (Lipinski definition) is 4. The molecule has 0 bridgehead atoms. The van der Waals surface area contributed by atoms with Crippen molar-refractivity contribution < 1.29 is 0 Å². The Kier molecular flexibility index (Phi) is 5.05. The molecule has 1 rings (SSSR count). The van der Waals surface area contributed by atoms with Gasteiger partial charge in [0.2, 0.25) is 0 Å². The van der Waals surface area contributed by atoms with Gasteiger partial charge in [-0.15, -0.1) is 11.8 Å². The number of rotatable bonds is 6. The second-order valence-electron chi connectivity index (χ2n) is 4.06. The molecule has 0 aliphatic rings. The summed E-state index contributed by atoms with van der Waals surface area (Å²) in [6.45, 7) is 7.66. The van der Waals surface area contributed by atoms with Crippen LogP contribution in [0.25, 0.3) is 0 Å². The van der Waals surface area contributed by atoms with Crippen LogP contribution in [0.2, 0.25) is 0 Å². The Labute approximate surface area is 96.1 Å². The first-order chi connectivity index (χ1) is 7.14. The van der Waals surface area contributed by atoms with E-state index < -0.39 is 0 Å². The number of nitrogens with zero attached hydrogens (tertiary/aromatic N) is 2. The minimum Gasteiger partial charge on any atom is -0.311 e. The molecule has 1 N–H and O–H groups in total. The lowest BCUT2D eigenvalue weighted by Gasteiger charge is -2.24. The fourth-order valence-corrected chi connectivity index (χ4v) is 1.73. The molecule has 0 radical (unpaired) electrons. The highest BCUT2D eigenvalue weighted by Crippen LogP contribution is 2.13. The minimum absolute atomic E-state index is 0.242. The Bertz CT molecular complexity index is 274. The molecule has 0 saturated carbocycles. The lowest BCUT2D eigenvalue weighted by molar-refractivity contribution is 0.388. The van der Waals surface area contributed by atoms with Gasteiger partial charge in [0.15, 0.2) is 0 Å². The van der Waals surface area contributed by atoms with Crippen LogP contribution in [0.15, 0.2) is 23.6 Å². The van der Waals surface area contributed by atoms with Crippen molar-refractivity contribution in [2.45, 2.75) is 37.8 Å². The van der Waals surface area contributed by atoms with Crippen LogP contribution in [0, 0.1) is 0 Å². The van der Waals surface area contributed by atoms with E-state index in [1.165, 1.54) is 0 Å². The quantitative estimate of drug-likeness (QED) is 0.458. The molecule has 0 aliphatic carbocycles. The van der Waals surface area contributed by atoms with Crippen LogP contribution < -0.4 is 5.32 Å². The van der Waals surface area contributed by atoms with E-state index in [0.29, 0.717) is 0 Å². The molecule has 0 atom stereocenters. The fourth-order valence-electron chi connectivity index (χ4n) is 1.03. The Balaban J connectivity index is 2.18.